The van der Waals surface area contributed by atoms with Crippen molar-refractivity contribution in [2.75, 3.05) is 5.32 Å². The Balaban J connectivity index is 1.41. The predicted molar refractivity (Wildman–Crippen MR) is 168 cm³/mol. The summed E-state index contributed by atoms with van der Waals surface area (Å²) in [5.41, 5.74) is 0.589. The number of urea groups is 1. The molecular formula is C31H39N5O5S2. The molecule has 3 amide bonds. The summed E-state index contributed by atoms with van der Waals surface area (Å²) < 4.78 is 30.1. The number of sulfonamides is 1. The fourth-order valence-corrected chi connectivity index (χ4v) is 9.20. The summed E-state index contributed by atoms with van der Waals surface area (Å²) in [6.07, 6.45) is 5.51. The van der Waals surface area contributed by atoms with Crippen molar-refractivity contribution in [1.82, 2.24) is 20.3 Å². The fraction of sp³-hybridized carbons (Fsp3) is 0.452. The lowest BCUT2D eigenvalue weighted by molar-refractivity contribution is 0.0746. The zero-order chi connectivity index (χ0) is 31.0. The number of benzene rings is 2. The highest BCUT2D eigenvalue weighted by Gasteiger charge is 2.51. The lowest BCUT2D eigenvalue weighted by Gasteiger charge is -2.52. The number of carbonyl (C=O) groups excluding carboxylic acids is 1. The highest BCUT2D eigenvalue weighted by Crippen LogP contribution is 2.55. The van der Waals surface area contributed by atoms with E-state index in [1.54, 1.807) is 39.1 Å². The minimum absolute atomic E-state index is 0.0565. The van der Waals surface area contributed by atoms with E-state index in [-0.39, 0.29) is 21.9 Å². The number of rotatable bonds is 8. The fourth-order valence-electron chi connectivity index (χ4n) is 6.24. The first kappa shape index (κ1) is 31.0. The van der Waals surface area contributed by atoms with Gasteiger partial charge in [-0.25, -0.2) is 27.7 Å². The number of thiazole rings is 1. The molecule has 0 unspecified atom stereocenters. The monoisotopic (exact) mass is 625 g/mol. The predicted octanol–water partition coefficient (Wildman–Crippen LogP) is 6.38. The van der Waals surface area contributed by atoms with E-state index >= 15 is 0 Å². The maximum Gasteiger partial charge on any atom is 0.405 e. The quantitative estimate of drug-likeness (QED) is 0.196. The smallest absolute Gasteiger partial charge is 0.405 e. The van der Waals surface area contributed by atoms with Crippen LogP contribution in [-0.2, 0) is 15.4 Å². The molecule has 0 spiro atoms. The van der Waals surface area contributed by atoms with E-state index < -0.39 is 27.7 Å². The number of nitrogens with zero attached hydrogens (tertiary/aromatic N) is 1. The summed E-state index contributed by atoms with van der Waals surface area (Å²) in [6, 6.07) is 13.8. The number of fused-ring (bicyclic) bond motifs is 3. The van der Waals surface area contributed by atoms with E-state index in [1.807, 2.05) is 37.3 Å². The lowest BCUT2D eigenvalue weighted by atomic mass is 9.57. The molecule has 12 heteroatoms. The van der Waals surface area contributed by atoms with Gasteiger partial charge < -0.3 is 21.1 Å². The third kappa shape index (κ3) is 6.86. The Kier molecular flexibility index (Phi) is 8.32. The summed E-state index contributed by atoms with van der Waals surface area (Å²) in [6.45, 7) is 7.21. The Morgan fingerprint density at radius 2 is 1.65 bits per heavy atom. The molecule has 2 bridgehead atoms. The highest BCUT2D eigenvalue weighted by molar-refractivity contribution is 7.89. The molecule has 2 aromatic carbocycles. The number of aromatic nitrogens is 1. The number of carbonyl (C=O) groups is 2. The SMILES string of the molecule is C[C@@H](NC(=O)Nc1ccc(-c2cnc(C34CCC(NC(=O)O)(CC3)CC4)s2)c(S(=O)(=O)NC(C)(C)C)c1)c1ccccc1. The third-order valence-electron chi connectivity index (χ3n) is 8.46. The second kappa shape index (κ2) is 11.5. The molecule has 6 rings (SSSR count). The maximum absolute atomic E-state index is 13.7. The van der Waals surface area contributed by atoms with Gasteiger partial charge in [0.1, 0.15) is 0 Å². The third-order valence-corrected chi connectivity index (χ3v) is 11.5. The van der Waals surface area contributed by atoms with Crippen LogP contribution in [0.5, 0.6) is 0 Å². The van der Waals surface area contributed by atoms with Crippen LogP contribution in [0.3, 0.4) is 0 Å². The normalized spacial score (nSPS) is 22.5. The molecule has 3 fully saturated rings. The second-order valence-electron chi connectivity index (χ2n) is 12.8. The van der Waals surface area contributed by atoms with Gasteiger partial charge in [-0.15, -0.1) is 11.3 Å². The number of anilines is 1. The van der Waals surface area contributed by atoms with Crippen molar-refractivity contribution in [2.45, 2.75) is 93.7 Å². The van der Waals surface area contributed by atoms with E-state index in [2.05, 4.69) is 20.7 Å². The van der Waals surface area contributed by atoms with Gasteiger partial charge in [0, 0.05) is 33.9 Å². The van der Waals surface area contributed by atoms with Gasteiger partial charge in [-0.2, -0.15) is 0 Å². The molecule has 0 radical (unpaired) electrons. The molecule has 43 heavy (non-hydrogen) atoms. The van der Waals surface area contributed by atoms with Crippen LogP contribution in [0.1, 0.15) is 82.8 Å². The Morgan fingerprint density at radius 3 is 2.26 bits per heavy atom. The molecule has 5 N–H and O–H groups in total. The van der Waals surface area contributed by atoms with Gasteiger partial charge in [-0.1, -0.05) is 36.4 Å². The molecule has 1 atom stereocenters. The summed E-state index contributed by atoms with van der Waals surface area (Å²) in [4.78, 5) is 29.7. The standard InChI is InChI=1S/C31H39N5O5S2/c1-20(21-8-6-5-7-9-21)33-27(37)34-22-10-11-23(25(18-22)43(40,41)36-29(2,3)4)24-19-32-26(42-24)30-12-15-31(16-13-30,17-14-30)35-28(38)39/h5-11,18-20,35-36H,12-17H2,1-4H3,(H,38,39)(H2,33,34,37)/t20-,30?,31?/m1/s1. The van der Waals surface area contributed by atoms with Crippen molar-refractivity contribution in [1.29, 1.82) is 0 Å². The van der Waals surface area contributed by atoms with Gasteiger partial charge in [-0.3, -0.25) is 0 Å². The minimum atomic E-state index is -3.98. The van der Waals surface area contributed by atoms with Gasteiger partial charge in [0.05, 0.1) is 20.8 Å². The average molecular weight is 626 g/mol. The molecule has 1 aromatic heterocycles. The van der Waals surface area contributed by atoms with Crippen LogP contribution in [0.4, 0.5) is 15.3 Å². The summed E-state index contributed by atoms with van der Waals surface area (Å²) in [5.74, 6) is 0. The van der Waals surface area contributed by atoms with Crippen LogP contribution in [0, 0.1) is 0 Å². The topological polar surface area (TPSA) is 150 Å². The largest absolute Gasteiger partial charge is 0.465 e. The van der Waals surface area contributed by atoms with Gasteiger partial charge >= 0.3 is 12.1 Å². The molecule has 10 nitrogen and oxygen atoms in total. The van der Waals surface area contributed by atoms with Gasteiger partial charge in [0.25, 0.3) is 0 Å². The molecule has 0 saturated heterocycles. The van der Waals surface area contributed by atoms with Crippen LogP contribution >= 0.6 is 11.3 Å². The van der Waals surface area contributed by atoms with Crippen molar-refractivity contribution in [3.05, 3.63) is 65.3 Å². The lowest BCUT2D eigenvalue weighted by Crippen LogP contribution is -2.57. The number of nitrogens with one attached hydrogen (secondary N) is 4. The Morgan fingerprint density at radius 1 is 1.00 bits per heavy atom. The first-order valence-electron chi connectivity index (χ1n) is 14.5. The van der Waals surface area contributed by atoms with Crippen molar-refractivity contribution in [3.63, 3.8) is 0 Å². The van der Waals surface area contributed by atoms with Crippen LogP contribution < -0.4 is 20.7 Å². The molecule has 0 aliphatic heterocycles. The molecule has 3 saturated carbocycles. The minimum Gasteiger partial charge on any atom is -0.465 e. The van der Waals surface area contributed by atoms with E-state index in [4.69, 9.17) is 4.98 Å². The summed E-state index contributed by atoms with van der Waals surface area (Å²) >= 11 is 1.49. The zero-order valence-corrected chi connectivity index (χ0v) is 26.5. The highest BCUT2D eigenvalue weighted by atomic mass is 32.2. The Bertz CT molecular complexity index is 1590. The molecule has 230 valence electrons. The van der Waals surface area contributed by atoms with E-state index in [0.29, 0.717) is 11.3 Å². The Hall–Kier alpha value is -3.48. The molecule has 1 heterocycles. The second-order valence-corrected chi connectivity index (χ2v) is 15.5. The molecule has 3 aromatic rings. The van der Waals surface area contributed by atoms with Gasteiger partial charge in [0.2, 0.25) is 10.0 Å². The first-order valence-corrected chi connectivity index (χ1v) is 16.8. The van der Waals surface area contributed by atoms with Crippen LogP contribution in [0.15, 0.2) is 59.6 Å². The van der Waals surface area contributed by atoms with Crippen molar-refractivity contribution < 1.29 is 23.1 Å². The summed E-state index contributed by atoms with van der Waals surface area (Å²) in [5, 5.41) is 18.7. The van der Waals surface area contributed by atoms with Gasteiger partial charge in [-0.05, 0) is 83.9 Å². The van der Waals surface area contributed by atoms with E-state index in [0.717, 1.165) is 54.0 Å². The van der Waals surface area contributed by atoms with Crippen LogP contribution in [-0.4, -0.2) is 41.7 Å². The molecular weight excluding hydrogens is 587 g/mol. The van der Waals surface area contributed by atoms with Crippen molar-refractivity contribution in [2.24, 2.45) is 0 Å². The number of amides is 3. The summed E-state index contributed by atoms with van der Waals surface area (Å²) in [7, 11) is -3.98. The van der Waals surface area contributed by atoms with Gasteiger partial charge in [0.15, 0.2) is 0 Å². The van der Waals surface area contributed by atoms with Crippen molar-refractivity contribution >= 4 is 39.2 Å². The molecule has 3 aliphatic carbocycles. The average Bonchev–Trinajstić information content (AvgIpc) is 3.44. The number of carboxylic acid groups (broad SMARTS) is 1. The number of hydrogen-bond acceptors (Lipinski definition) is 6. The van der Waals surface area contributed by atoms with Crippen molar-refractivity contribution in [3.8, 4) is 10.4 Å². The molecule has 3 aliphatic rings. The van der Waals surface area contributed by atoms with E-state index in [1.165, 1.54) is 17.4 Å². The maximum atomic E-state index is 13.7. The zero-order valence-electron chi connectivity index (χ0n) is 24.9. The van der Waals surface area contributed by atoms with Crippen LogP contribution in [0.2, 0.25) is 0 Å². The first-order chi connectivity index (χ1) is 20.2. The Labute approximate surface area is 256 Å². The van der Waals surface area contributed by atoms with Crippen LogP contribution in [0.25, 0.3) is 10.4 Å². The van der Waals surface area contributed by atoms with E-state index in [9.17, 15) is 23.1 Å². The number of hydrogen-bond donors (Lipinski definition) is 5.